The molecule has 0 aromatic heterocycles. The molecule has 13 heavy (non-hydrogen) atoms. The maximum absolute atomic E-state index is 11.0. The number of halogens is 1. The molecule has 0 saturated carbocycles. The van der Waals surface area contributed by atoms with Crippen LogP contribution in [-0.2, 0) is 4.79 Å². The summed E-state index contributed by atoms with van der Waals surface area (Å²) in [5.41, 5.74) is -0.328. The molecule has 0 rings (SSSR count). The lowest BCUT2D eigenvalue weighted by atomic mass is 9.80. The molecule has 0 spiro atoms. The van der Waals surface area contributed by atoms with Gasteiger partial charge in [0.25, 0.3) is 0 Å². The van der Waals surface area contributed by atoms with E-state index in [1.165, 1.54) is 0 Å². The van der Waals surface area contributed by atoms with Crippen molar-refractivity contribution >= 4 is 16.8 Å². The van der Waals surface area contributed by atoms with Gasteiger partial charge < -0.3 is 0 Å². The Kier molecular flexibility index (Phi) is 4.18. The number of carbonyl (C=O) groups is 1. The van der Waals surface area contributed by atoms with Crippen molar-refractivity contribution in [1.82, 2.24) is 0 Å². The molecule has 2 heteroatoms. The summed E-state index contributed by atoms with van der Waals surface area (Å²) in [4.78, 5) is 11.0. The SMILES string of the molecule is C=CC(C)(C)CCC(C)(C)C(=O)Cl. The molecule has 0 aliphatic rings. The van der Waals surface area contributed by atoms with Crippen molar-refractivity contribution in [3.05, 3.63) is 12.7 Å². The predicted octanol–water partition coefficient (Wildman–Crippen LogP) is 3.77. The third-order valence-corrected chi connectivity index (χ3v) is 2.99. The van der Waals surface area contributed by atoms with E-state index in [9.17, 15) is 4.79 Å². The molecule has 1 nitrogen and oxygen atoms in total. The van der Waals surface area contributed by atoms with Crippen LogP contribution in [0.2, 0.25) is 0 Å². The first-order valence-electron chi connectivity index (χ1n) is 4.55. The summed E-state index contributed by atoms with van der Waals surface area (Å²) in [7, 11) is 0. The third-order valence-electron chi connectivity index (χ3n) is 2.48. The number of hydrogen-bond donors (Lipinski definition) is 0. The molecule has 0 atom stereocenters. The van der Waals surface area contributed by atoms with Crippen molar-refractivity contribution in [2.45, 2.75) is 40.5 Å². The van der Waals surface area contributed by atoms with Gasteiger partial charge in [0.05, 0.1) is 0 Å². The van der Waals surface area contributed by atoms with Gasteiger partial charge in [0.15, 0.2) is 0 Å². The van der Waals surface area contributed by atoms with Gasteiger partial charge in [-0.25, -0.2) is 0 Å². The van der Waals surface area contributed by atoms with Crippen LogP contribution in [0.4, 0.5) is 0 Å². The summed E-state index contributed by atoms with van der Waals surface area (Å²) in [6, 6.07) is 0. The minimum Gasteiger partial charge on any atom is -0.281 e. The standard InChI is InChI=1S/C11H19ClO/c1-6-10(2,3)7-8-11(4,5)9(12)13/h6H,1,7-8H2,2-5H3. The number of rotatable bonds is 5. The Bertz CT molecular complexity index is 204. The van der Waals surface area contributed by atoms with E-state index in [2.05, 4.69) is 20.4 Å². The number of carbonyl (C=O) groups excluding carboxylic acids is 1. The van der Waals surface area contributed by atoms with Gasteiger partial charge in [-0.15, -0.1) is 6.58 Å². The maximum atomic E-state index is 11.0. The first kappa shape index (κ1) is 12.7. The summed E-state index contributed by atoms with van der Waals surface area (Å²) in [5, 5.41) is -0.257. The molecular formula is C11H19ClO. The fraction of sp³-hybridized carbons (Fsp3) is 0.727. The monoisotopic (exact) mass is 202 g/mol. The molecule has 0 aliphatic heterocycles. The van der Waals surface area contributed by atoms with E-state index in [1.54, 1.807) is 0 Å². The molecule has 0 bridgehead atoms. The normalized spacial score (nSPS) is 12.7. The second kappa shape index (κ2) is 4.28. The van der Waals surface area contributed by atoms with Crippen LogP contribution in [0.25, 0.3) is 0 Å². The third kappa shape index (κ3) is 4.47. The zero-order valence-corrected chi connectivity index (χ0v) is 9.74. The minimum absolute atomic E-state index is 0.0869. The van der Waals surface area contributed by atoms with Crippen molar-refractivity contribution in [1.29, 1.82) is 0 Å². The van der Waals surface area contributed by atoms with Gasteiger partial charge in [-0.1, -0.05) is 33.8 Å². The van der Waals surface area contributed by atoms with Gasteiger partial charge in [-0.2, -0.15) is 0 Å². The van der Waals surface area contributed by atoms with Crippen LogP contribution in [0.3, 0.4) is 0 Å². The summed E-state index contributed by atoms with van der Waals surface area (Å²) < 4.78 is 0. The van der Waals surface area contributed by atoms with Crippen LogP contribution in [0.1, 0.15) is 40.5 Å². The second-order valence-electron chi connectivity index (χ2n) is 4.85. The van der Waals surface area contributed by atoms with Crippen LogP contribution in [0.5, 0.6) is 0 Å². The maximum Gasteiger partial charge on any atom is 0.227 e. The van der Waals surface area contributed by atoms with Crippen LogP contribution in [0, 0.1) is 10.8 Å². The van der Waals surface area contributed by atoms with Gasteiger partial charge in [0.1, 0.15) is 0 Å². The summed E-state index contributed by atoms with van der Waals surface area (Å²) >= 11 is 5.48. The Morgan fingerprint density at radius 3 is 2.08 bits per heavy atom. The molecule has 0 radical (unpaired) electrons. The fourth-order valence-electron chi connectivity index (χ4n) is 0.835. The molecule has 0 N–H and O–H groups in total. The molecule has 0 aromatic rings. The number of hydrogen-bond acceptors (Lipinski definition) is 1. The summed E-state index contributed by atoms with van der Waals surface area (Å²) in [6.45, 7) is 11.7. The molecule has 76 valence electrons. The molecule has 0 aromatic carbocycles. The van der Waals surface area contributed by atoms with Crippen LogP contribution in [0.15, 0.2) is 12.7 Å². The topological polar surface area (TPSA) is 17.1 Å². The highest BCUT2D eigenvalue weighted by atomic mass is 35.5. The lowest BCUT2D eigenvalue weighted by molar-refractivity contribution is -0.119. The molecule has 0 amide bonds. The molecule has 0 saturated heterocycles. The average molecular weight is 203 g/mol. The molecule has 0 heterocycles. The van der Waals surface area contributed by atoms with Crippen LogP contribution < -0.4 is 0 Å². The fourth-order valence-corrected chi connectivity index (χ4v) is 0.929. The van der Waals surface area contributed by atoms with E-state index in [0.29, 0.717) is 0 Å². The largest absolute Gasteiger partial charge is 0.281 e. The van der Waals surface area contributed by atoms with Crippen LogP contribution in [-0.4, -0.2) is 5.24 Å². The van der Waals surface area contributed by atoms with E-state index < -0.39 is 5.41 Å². The highest BCUT2D eigenvalue weighted by Crippen LogP contribution is 2.32. The predicted molar refractivity (Wildman–Crippen MR) is 57.9 cm³/mol. The minimum atomic E-state index is -0.415. The molecule has 0 fully saturated rings. The van der Waals surface area contributed by atoms with Crippen molar-refractivity contribution < 1.29 is 4.79 Å². The van der Waals surface area contributed by atoms with Gasteiger partial charge in [0.2, 0.25) is 5.24 Å². The highest BCUT2D eigenvalue weighted by Gasteiger charge is 2.27. The lowest BCUT2D eigenvalue weighted by Gasteiger charge is -2.26. The summed E-state index contributed by atoms with van der Waals surface area (Å²) in [5.74, 6) is 0. The highest BCUT2D eigenvalue weighted by molar-refractivity contribution is 6.64. The molecule has 0 aliphatic carbocycles. The Balaban J connectivity index is 4.17. The van der Waals surface area contributed by atoms with Crippen molar-refractivity contribution in [2.24, 2.45) is 10.8 Å². The zero-order chi connectivity index (χ0) is 10.7. The first-order chi connectivity index (χ1) is 5.71. The lowest BCUT2D eigenvalue weighted by Crippen LogP contribution is -2.22. The van der Waals surface area contributed by atoms with Gasteiger partial charge >= 0.3 is 0 Å². The molecular weight excluding hydrogens is 184 g/mol. The Morgan fingerprint density at radius 1 is 1.31 bits per heavy atom. The van der Waals surface area contributed by atoms with E-state index >= 15 is 0 Å². The van der Waals surface area contributed by atoms with E-state index in [0.717, 1.165) is 12.8 Å². The van der Waals surface area contributed by atoms with E-state index in [4.69, 9.17) is 11.6 Å². The Hall–Kier alpha value is -0.300. The van der Waals surface area contributed by atoms with Gasteiger partial charge in [-0.05, 0) is 29.9 Å². The van der Waals surface area contributed by atoms with Crippen molar-refractivity contribution in [3.63, 3.8) is 0 Å². The van der Waals surface area contributed by atoms with E-state index in [1.807, 2.05) is 19.9 Å². The summed E-state index contributed by atoms with van der Waals surface area (Å²) in [6.07, 6.45) is 3.65. The first-order valence-corrected chi connectivity index (χ1v) is 4.93. The molecule has 0 unspecified atom stereocenters. The Labute approximate surface area is 86.2 Å². The van der Waals surface area contributed by atoms with E-state index in [-0.39, 0.29) is 10.7 Å². The van der Waals surface area contributed by atoms with Crippen molar-refractivity contribution in [2.75, 3.05) is 0 Å². The van der Waals surface area contributed by atoms with Crippen molar-refractivity contribution in [3.8, 4) is 0 Å². The van der Waals surface area contributed by atoms with Gasteiger partial charge in [-0.3, -0.25) is 4.79 Å². The quantitative estimate of drug-likeness (QED) is 0.490. The smallest absolute Gasteiger partial charge is 0.227 e. The average Bonchev–Trinajstić information content (AvgIpc) is 2.01. The zero-order valence-electron chi connectivity index (χ0n) is 8.98. The Morgan fingerprint density at radius 2 is 1.77 bits per heavy atom. The van der Waals surface area contributed by atoms with Crippen LogP contribution >= 0.6 is 11.6 Å². The van der Waals surface area contributed by atoms with Gasteiger partial charge in [0, 0.05) is 5.41 Å². The second-order valence-corrected chi connectivity index (χ2v) is 5.19. The number of allylic oxidation sites excluding steroid dienone is 1.